The van der Waals surface area contributed by atoms with Crippen LogP contribution in [0.2, 0.25) is 0 Å². The van der Waals surface area contributed by atoms with Crippen LogP contribution in [-0.4, -0.2) is 16.7 Å². The Morgan fingerprint density at radius 1 is 1.78 bits per heavy atom. The Hall–Kier alpha value is -0.0500. The van der Waals surface area contributed by atoms with Crippen molar-refractivity contribution in [2.75, 3.05) is 0 Å². The van der Waals surface area contributed by atoms with E-state index in [2.05, 4.69) is 11.5 Å². The highest BCUT2D eigenvalue weighted by molar-refractivity contribution is 6.20. The lowest BCUT2D eigenvalue weighted by Gasteiger charge is -2.14. The van der Waals surface area contributed by atoms with Crippen molar-refractivity contribution in [3.8, 4) is 0 Å². The second-order valence-corrected chi connectivity index (χ2v) is 2.74. The first-order chi connectivity index (χ1) is 4.09. The third-order valence-electron chi connectivity index (χ3n) is 1.02. The normalized spacial score (nSPS) is 16.9. The van der Waals surface area contributed by atoms with E-state index in [0.29, 0.717) is 0 Å². The third kappa shape index (κ3) is 2.84. The summed E-state index contributed by atoms with van der Waals surface area (Å²) in [5.41, 5.74) is 0.722. The van der Waals surface area contributed by atoms with Gasteiger partial charge in [0.2, 0.25) is 0 Å². The van der Waals surface area contributed by atoms with E-state index >= 15 is 0 Å². The Balaban J connectivity index is 3.83. The fourth-order valence-corrected chi connectivity index (χ4v) is 0.827. The van der Waals surface area contributed by atoms with E-state index in [4.69, 9.17) is 16.9 Å². The van der Waals surface area contributed by atoms with Crippen molar-refractivity contribution in [2.45, 2.75) is 25.3 Å². The van der Waals surface area contributed by atoms with Crippen LogP contribution in [0.5, 0.6) is 0 Å². The van der Waals surface area contributed by atoms with Gasteiger partial charge < -0.3 is 0 Å². The molecule has 0 aromatic heterocycles. The summed E-state index contributed by atoms with van der Waals surface area (Å²) < 4.78 is 0. The molecule has 0 radical (unpaired) electrons. The van der Waals surface area contributed by atoms with Crippen LogP contribution in [0.25, 0.3) is 0 Å². The van der Waals surface area contributed by atoms with Crippen molar-refractivity contribution in [1.82, 2.24) is 0 Å². The smallest absolute Gasteiger partial charge is 0.129 e. The largest absolute Gasteiger partial charge is 0.251 e. The summed E-state index contributed by atoms with van der Waals surface area (Å²) in [5, 5.41) is 7.98. The monoisotopic (exact) mass is 150 g/mol. The summed E-state index contributed by atoms with van der Waals surface area (Å²) in [6.45, 7) is 7.06. The molecule has 0 saturated carbocycles. The Morgan fingerprint density at radius 2 is 2.22 bits per heavy atom. The van der Waals surface area contributed by atoms with Gasteiger partial charge in [-0.05, 0) is 19.4 Å². The molecule has 0 unspecified atom stereocenters. The molecule has 9 heavy (non-hydrogen) atoms. The average molecular weight is 151 g/mol. The zero-order chi connectivity index (χ0) is 7.44. The van der Waals surface area contributed by atoms with Crippen LogP contribution < -0.4 is 0 Å². The molecule has 0 heterocycles. The van der Waals surface area contributed by atoms with Crippen LogP contribution in [-0.2, 0) is 4.89 Å². The zero-order valence-electron chi connectivity index (χ0n) is 5.60. The van der Waals surface area contributed by atoms with Gasteiger partial charge in [0.1, 0.15) is 6.10 Å². The quantitative estimate of drug-likeness (QED) is 0.289. The molecule has 0 saturated heterocycles. The maximum atomic E-state index is 8.22. The number of halogens is 1. The van der Waals surface area contributed by atoms with Crippen LogP contribution >= 0.6 is 11.6 Å². The van der Waals surface area contributed by atoms with Gasteiger partial charge in [0.15, 0.2) is 0 Å². The van der Waals surface area contributed by atoms with E-state index in [1.54, 1.807) is 13.8 Å². The van der Waals surface area contributed by atoms with Gasteiger partial charge in [0, 0.05) is 0 Å². The van der Waals surface area contributed by atoms with E-state index in [1.165, 1.54) is 0 Å². The number of rotatable bonds is 3. The van der Waals surface area contributed by atoms with Crippen LogP contribution in [0.3, 0.4) is 0 Å². The molecule has 0 aromatic carbocycles. The summed E-state index contributed by atoms with van der Waals surface area (Å²) in [6.07, 6.45) is -0.452. The van der Waals surface area contributed by atoms with Crippen LogP contribution in [0.4, 0.5) is 0 Å². The molecular formula is C6H11ClO2. The summed E-state index contributed by atoms with van der Waals surface area (Å²) in [6, 6.07) is 0. The molecule has 0 fully saturated rings. The molecule has 0 rings (SSSR count). The number of hydrogen-bond acceptors (Lipinski definition) is 2. The molecule has 3 heteroatoms. The highest BCUT2D eigenvalue weighted by Crippen LogP contribution is 2.11. The van der Waals surface area contributed by atoms with Gasteiger partial charge >= 0.3 is 0 Å². The number of alkyl halides is 1. The molecule has 2 atom stereocenters. The van der Waals surface area contributed by atoms with Gasteiger partial charge in [-0.3, -0.25) is 5.26 Å². The molecule has 2 nitrogen and oxygen atoms in total. The van der Waals surface area contributed by atoms with Gasteiger partial charge in [0.05, 0.1) is 5.38 Å². The lowest BCUT2D eigenvalue weighted by Crippen LogP contribution is -2.21. The molecule has 1 N–H and O–H groups in total. The summed E-state index contributed by atoms with van der Waals surface area (Å²) in [5.74, 6) is 0. The van der Waals surface area contributed by atoms with Crippen molar-refractivity contribution < 1.29 is 10.1 Å². The SMILES string of the molecule is C=C(C)[C@@H](OO)[C@H](C)Cl. The van der Waals surface area contributed by atoms with E-state index in [9.17, 15) is 0 Å². The Bertz CT molecular complexity index is 101. The minimum Gasteiger partial charge on any atom is -0.251 e. The highest BCUT2D eigenvalue weighted by atomic mass is 35.5. The van der Waals surface area contributed by atoms with Crippen molar-refractivity contribution in [3.05, 3.63) is 12.2 Å². The summed E-state index contributed by atoms with van der Waals surface area (Å²) in [7, 11) is 0. The topological polar surface area (TPSA) is 29.5 Å². The molecule has 0 aliphatic heterocycles. The van der Waals surface area contributed by atoms with Gasteiger partial charge in [-0.25, -0.2) is 4.89 Å². The molecule has 0 spiro atoms. The Morgan fingerprint density at radius 3 is 2.22 bits per heavy atom. The predicted molar refractivity (Wildman–Crippen MR) is 37.6 cm³/mol. The molecule has 0 aliphatic carbocycles. The molecule has 0 aliphatic rings. The maximum absolute atomic E-state index is 8.22. The molecule has 0 amide bonds. The molecule has 0 aromatic rings. The van der Waals surface area contributed by atoms with Crippen LogP contribution in [0.15, 0.2) is 12.2 Å². The molecule has 54 valence electrons. The van der Waals surface area contributed by atoms with E-state index in [-0.39, 0.29) is 5.38 Å². The molecular weight excluding hydrogens is 140 g/mol. The minimum atomic E-state index is -0.452. The highest BCUT2D eigenvalue weighted by Gasteiger charge is 2.15. The average Bonchev–Trinajstić information content (AvgIpc) is 1.64. The van der Waals surface area contributed by atoms with E-state index in [1.807, 2.05) is 0 Å². The minimum absolute atomic E-state index is 0.243. The fourth-order valence-electron chi connectivity index (χ4n) is 0.566. The Kier molecular flexibility index (Phi) is 3.86. The second-order valence-electron chi connectivity index (χ2n) is 2.05. The van der Waals surface area contributed by atoms with Crippen LogP contribution in [0.1, 0.15) is 13.8 Å². The first-order valence-corrected chi connectivity index (χ1v) is 3.13. The second kappa shape index (κ2) is 3.88. The third-order valence-corrected chi connectivity index (χ3v) is 1.25. The lowest BCUT2D eigenvalue weighted by atomic mass is 10.1. The zero-order valence-corrected chi connectivity index (χ0v) is 6.35. The van der Waals surface area contributed by atoms with Crippen molar-refractivity contribution in [3.63, 3.8) is 0 Å². The first-order valence-electron chi connectivity index (χ1n) is 2.69. The maximum Gasteiger partial charge on any atom is 0.129 e. The van der Waals surface area contributed by atoms with E-state index in [0.717, 1.165) is 5.57 Å². The van der Waals surface area contributed by atoms with Crippen molar-refractivity contribution >= 4 is 11.6 Å². The lowest BCUT2D eigenvalue weighted by molar-refractivity contribution is -0.267. The summed E-state index contributed by atoms with van der Waals surface area (Å²) >= 11 is 5.59. The molecule has 0 bridgehead atoms. The van der Waals surface area contributed by atoms with Gasteiger partial charge in [-0.2, -0.15) is 0 Å². The van der Waals surface area contributed by atoms with Gasteiger partial charge in [-0.1, -0.05) is 6.58 Å². The standard InChI is InChI=1S/C6H11ClO2/c1-4(2)6(9-8)5(3)7/h5-6,8H,1H2,2-3H3/t5-,6+/m0/s1. The van der Waals surface area contributed by atoms with Crippen LogP contribution in [0, 0.1) is 0 Å². The van der Waals surface area contributed by atoms with Crippen molar-refractivity contribution in [2.24, 2.45) is 0 Å². The van der Waals surface area contributed by atoms with E-state index < -0.39 is 6.10 Å². The Labute approximate surface area is 60.0 Å². The van der Waals surface area contributed by atoms with Gasteiger partial charge in [-0.15, -0.1) is 11.6 Å². The fraction of sp³-hybridized carbons (Fsp3) is 0.667. The first kappa shape index (κ1) is 8.95. The summed E-state index contributed by atoms with van der Waals surface area (Å²) in [4.78, 5) is 4.04. The van der Waals surface area contributed by atoms with Crippen molar-refractivity contribution in [1.29, 1.82) is 0 Å². The van der Waals surface area contributed by atoms with Gasteiger partial charge in [0.25, 0.3) is 0 Å². The number of hydrogen-bond donors (Lipinski definition) is 1. The predicted octanol–water partition coefficient (Wildman–Crippen LogP) is 2.05.